The van der Waals surface area contributed by atoms with Gasteiger partial charge in [0.1, 0.15) is 12.2 Å². The number of halogens is 1. The Hall–Kier alpha value is -1.52. The fraction of sp³-hybridized carbons (Fsp3) is 0.733. The van der Waals surface area contributed by atoms with Crippen molar-refractivity contribution in [2.24, 2.45) is 23.7 Å². The van der Waals surface area contributed by atoms with Crippen molar-refractivity contribution in [1.82, 2.24) is 0 Å². The second-order valence-electron chi connectivity index (χ2n) is 11.1. The Morgan fingerprint density at radius 1 is 1.18 bits per heavy atom. The van der Waals surface area contributed by atoms with Crippen LogP contribution in [0, 0.1) is 23.7 Å². The van der Waals surface area contributed by atoms with E-state index in [2.05, 4.69) is 15.9 Å². The number of ether oxygens (including phenoxy) is 2. The largest absolute Gasteiger partial charge is 0.458 e. The fourth-order valence-electron chi connectivity index (χ4n) is 4.71. The van der Waals surface area contributed by atoms with Gasteiger partial charge in [0, 0.05) is 30.0 Å². The standard InChI is InChI=1S/C30H49BrO8/c1-8-24(34)21(6)29(31)26(36)14-17(2)10-9-11-18(3)30-19(4)12-13-27(38-22(7)32)20(5)25(35)15-23(33)16-28(37)39-30/h9-13,17,19-21,23-27,29-30,33-36H,8,14-16H2,1-7H3. The molecule has 1 aliphatic heterocycles. The van der Waals surface area contributed by atoms with Gasteiger partial charge in [-0.15, -0.1) is 0 Å². The Kier molecular flexibility index (Phi) is 15.8. The number of esters is 2. The molecule has 9 heteroatoms. The van der Waals surface area contributed by atoms with Crippen molar-refractivity contribution >= 4 is 27.9 Å². The first-order valence-electron chi connectivity index (χ1n) is 13.9. The molecule has 0 fully saturated rings. The minimum atomic E-state index is -1.09. The van der Waals surface area contributed by atoms with Crippen LogP contribution in [0.3, 0.4) is 0 Å². The van der Waals surface area contributed by atoms with Crippen LogP contribution in [-0.2, 0) is 19.1 Å². The van der Waals surface area contributed by atoms with E-state index >= 15 is 0 Å². The number of hydrogen-bond donors (Lipinski definition) is 4. The summed E-state index contributed by atoms with van der Waals surface area (Å²) in [6.07, 6.45) is 5.56. The molecule has 8 nitrogen and oxygen atoms in total. The summed E-state index contributed by atoms with van der Waals surface area (Å²) in [5.41, 5.74) is 0.784. The third-order valence-corrected chi connectivity index (χ3v) is 8.88. The van der Waals surface area contributed by atoms with Crippen molar-refractivity contribution in [3.63, 3.8) is 0 Å². The number of aliphatic hydroxyl groups excluding tert-OH is 4. The average molecular weight is 618 g/mol. The van der Waals surface area contributed by atoms with Crippen molar-refractivity contribution in [2.75, 3.05) is 0 Å². The molecule has 0 bridgehead atoms. The highest BCUT2D eigenvalue weighted by Gasteiger charge is 2.31. The predicted molar refractivity (Wildman–Crippen MR) is 155 cm³/mol. The highest BCUT2D eigenvalue weighted by Crippen LogP contribution is 2.27. The summed E-state index contributed by atoms with van der Waals surface area (Å²) >= 11 is 3.54. The summed E-state index contributed by atoms with van der Waals surface area (Å²) in [4.78, 5) is 24.0. The van der Waals surface area contributed by atoms with Gasteiger partial charge in [0.15, 0.2) is 0 Å². The summed E-state index contributed by atoms with van der Waals surface area (Å²) in [5, 5.41) is 41.6. The third-order valence-electron chi connectivity index (χ3n) is 7.44. The Morgan fingerprint density at radius 2 is 1.82 bits per heavy atom. The SMILES string of the molecule is CCC(O)C(C)C(Br)C(O)CC(C)C=CC=C(C)C1OC(=O)CC(O)CC(O)C(C)C(OC(C)=O)C=CC1C. The zero-order valence-corrected chi connectivity index (χ0v) is 26.0. The number of aliphatic hydroxyl groups is 4. The van der Waals surface area contributed by atoms with Crippen LogP contribution in [0.1, 0.15) is 74.1 Å². The van der Waals surface area contributed by atoms with Crippen molar-refractivity contribution in [1.29, 1.82) is 0 Å². The molecule has 0 saturated carbocycles. The molecule has 1 aliphatic rings. The second kappa shape index (κ2) is 17.3. The van der Waals surface area contributed by atoms with E-state index < -0.39 is 54.5 Å². The van der Waals surface area contributed by atoms with Gasteiger partial charge in [-0.3, -0.25) is 9.59 Å². The van der Waals surface area contributed by atoms with Crippen molar-refractivity contribution in [2.45, 2.75) is 116 Å². The number of carbonyl (C=O) groups excluding carboxylic acids is 2. The summed E-state index contributed by atoms with van der Waals surface area (Å²) in [5.74, 6) is -1.83. The van der Waals surface area contributed by atoms with Gasteiger partial charge in [-0.2, -0.15) is 0 Å². The van der Waals surface area contributed by atoms with Gasteiger partial charge in [-0.25, -0.2) is 0 Å². The maximum atomic E-state index is 12.6. The second-order valence-corrected chi connectivity index (χ2v) is 12.2. The summed E-state index contributed by atoms with van der Waals surface area (Å²) in [6, 6.07) is 0. The molecule has 11 unspecified atom stereocenters. The molecule has 0 amide bonds. The van der Waals surface area contributed by atoms with Gasteiger partial charge < -0.3 is 29.9 Å². The highest BCUT2D eigenvalue weighted by molar-refractivity contribution is 9.09. The first-order chi connectivity index (χ1) is 18.2. The topological polar surface area (TPSA) is 134 Å². The lowest BCUT2D eigenvalue weighted by atomic mass is 9.90. The number of rotatable bonds is 10. The van der Waals surface area contributed by atoms with Crippen LogP contribution in [0.5, 0.6) is 0 Å². The normalized spacial score (nSPS) is 31.4. The molecule has 0 aliphatic carbocycles. The minimum Gasteiger partial charge on any atom is -0.458 e. The molecule has 0 spiro atoms. The Bertz CT molecular complexity index is 856. The van der Waals surface area contributed by atoms with E-state index in [9.17, 15) is 30.0 Å². The van der Waals surface area contributed by atoms with Crippen molar-refractivity contribution < 1.29 is 39.5 Å². The quantitative estimate of drug-likeness (QED) is 0.124. The summed E-state index contributed by atoms with van der Waals surface area (Å²) < 4.78 is 11.2. The number of cyclic esters (lactones) is 1. The van der Waals surface area contributed by atoms with Crippen LogP contribution in [-0.4, -0.2) is 73.8 Å². The van der Waals surface area contributed by atoms with Crippen LogP contribution in [0.25, 0.3) is 0 Å². The predicted octanol–water partition coefficient (Wildman–Crippen LogP) is 4.23. The van der Waals surface area contributed by atoms with Crippen LogP contribution in [0.15, 0.2) is 36.0 Å². The number of hydrogen-bond acceptors (Lipinski definition) is 8. The first kappa shape index (κ1) is 35.5. The Balaban J connectivity index is 3.06. The van der Waals surface area contributed by atoms with Crippen molar-refractivity contribution in [3.05, 3.63) is 36.0 Å². The van der Waals surface area contributed by atoms with Gasteiger partial charge in [-0.1, -0.05) is 74.9 Å². The van der Waals surface area contributed by atoms with Crippen LogP contribution < -0.4 is 0 Å². The molecule has 0 aromatic rings. The smallest absolute Gasteiger partial charge is 0.309 e. The molecule has 11 atom stereocenters. The molecule has 39 heavy (non-hydrogen) atoms. The van der Waals surface area contributed by atoms with Gasteiger partial charge in [0.05, 0.1) is 30.8 Å². The molecular weight excluding hydrogens is 568 g/mol. The summed E-state index contributed by atoms with van der Waals surface area (Å²) in [7, 11) is 0. The number of carbonyl (C=O) groups is 2. The van der Waals surface area contributed by atoms with Gasteiger partial charge in [-0.05, 0) is 43.3 Å². The number of alkyl halides is 1. The molecule has 0 radical (unpaired) electrons. The molecule has 1 heterocycles. The number of allylic oxidation sites excluding steroid dienone is 3. The molecule has 224 valence electrons. The third kappa shape index (κ3) is 12.3. The summed E-state index contributed by atoms with van der Waals surface area (Å²) in [6.45, 7) is 12.6. The minimum absolute atomic E-state index is 0.0468. The van der Waals surface area contributed by atoms with Gasteiger partial charge >= 0.3 is 11.9 Å². The zero-order chi connectivity index (χ0) is 29.9. The molecular formula is C30H49BrO8. The lowest BCUT2D eigenvalue weighted by molar-refractivity contribution is -0.151. The highest BCUT2D eigenvalue weighted by atomic mass is 79.9. The molecule has 0 aromatic heterocycles. The molecule has 0 aromatic carbocycles. The van der Waals surface area contributed by atoms with E-state index in [-0.39, 0.29) is 35.4 Å². The Morgan fingerprint density at radius 3 is 2.41 bits per heavy atom. The van der Waals surface area contributed by atoms with E-state index in [1.54, 1.807) is 13.0 Å². The fourth-order valence-corrected chi connectivity index (χ4v) is 5.28. The maximum Gasteiger partial charge on any atom is 0.309 e. The monoisotopic (exact) mass is 616 g/mol. The Labute approximate surface area is 242 Å². The maximum absolute atomic E-state index is 12.6. The van der Waals surface area contributed by atoms with E-state index in [1.807, 2.05) is 58.9 Å². The van der Waals surface area contributed by atoms with E-state index in [0.717, 1.165) is 5.57 Å². The average Bonchev–Trinajstić information content (AvgIpc) is 2.86. The molecule has 1 rings (SSSR count). The van der Waals surface area contributed by atoms with E-state index in [1.165, 1.54) is 6.92 Å². The van der Waals surface area contributed by atoms with Crippen molar-refractivity contribution in [3.8, 4) is 0 Å². The van der Waals surface area contributed by atoms with Gasteiger partial charge in [0.25, 0.3) is 0 Å². The van der Waals surface area contributed by atoms with Gasteiger partial charge in [0.2, 0.25) is 0 Å². The van der Waals surface area contributed by atoms with E-state index in [4.69, 9.17) is 9.47 Å². The van der Waals surface area contributed by atoms with Crippen LogP contribution in [0.2, 0.25) is 0 Å². The molecule has 4 N–H and O–H groups in total. The lowest BCUT2D eigenvalue weighted by Gasteiger charge is -2.29. The van der Waals surface area contributed by atoms with Crippen LogP contribution >= 0.6 is 15.9 Å². The zero-order valence-electron chi connectivity index (χ0n) is 24.4. The van der Waals surface area contributed by atoms with E-state index in [0.29, 0.717) is 12.8 Å². The molecule has 0 saturated heterocycles. The van der Waals surface area contributed by atoms with Crippen LogP contribution in [0.4, 0.5) is 0 Å². The lowest BCUT2D eigenvalue weighted by Crippen LogP contribution is -2.36. The first-order valence-corrected chi connectivity index (χ1v) is 14.9.